The van der Waals surface area contributed by atoms with Crippen molar-refractivity contribution in [2.75, 3.05) is 32.7 Å². The molecule has 2 unspecified atom stereocenters. The first kappa shape index (κ1) is 25.6. The molecule has 2 aliphatic heterocycles. The first-order chi connectivity index (χ1) is 15.4. The summed E-state index contributed by atoms with van der Waals surface area (Å²) in [5.74, 6) is 0.900. The molecular weight excluding hydrogens is 447 g/mol. The van der Waals surface area contributed by atoms with Gasteiger partial charge in [-0.1, -0.05) is 36.5 Å². The number of aliphatic carboxylic acids is 1. The number of likely N-dealkylation sites (tertiary alicyclic amines) is 2. The van der Waals surface area contributed by atoms with Gasteiger partial charge in [0.25, 0.3) is 0 Å². The van der Waals surface area contributed by atoms with Gasteiger partial charge >= 0.3 is 5.97 Å². The van der Waals surface area contributed by atoms with Crippen LogP contribution in [-0.2, 0) is 4.79 Å². The molecule has 1 aromatic rings. The minimum Gasteiger partial charge on any atom is -0.490 e. The van der Waals surface area contributed by atoms with E-state index in [4.69, 9.17) is 33.0 Å². The third-order valence-electron chi connectivity index (χ3n) is 7.00. The fourth-order valence-electron chi connectivity index (χ4n) is 5.15. The molecule has 1 aromatic carbocycles. The van der Waals surface area contributed by atoms with Crippen molar-refractivity contribution >= 4 is 29.2 Å². The number of ether oxygens (including phenoxy) is 1. The summed E-state index contributed by atoms with van der Waals surface area (Å²) in [6.45, 7) is 7.97. The van der Waals surface area contributed by atoms with Gasteiger partial charge in [-0.2, -0.15) is 0 Å². The lowest BCUT2D eigenvalue weighted by Crippen LogP contribution is -2.47. The number of carboxylic acids is 1. The van der Waals surface area contributed by atoms with Gasteiger partial charge in [0.05, 0.1) is 10.0 Å². The van der Waals surface area contributed by atoms with Crippen molar-refractivity contribution in [2.45, 2.75) is 76.9 Å². The first-order valence-electron chi connectivity index (χ1n) is 12.2. The number of benzene rings is 1. The maximum Gasteiger partial charge on any atom is 0.303 e. The predicted molar refractivity (Wildman–Crippen MR) is 131 cm³/mol. The van der Waals surface area contributed by atoms with Gasteiger partial charge in [-0.3, -0.25) is 4.79 Å². The SMILES string of the molecule is CCC1CC(CN2CCC(Oc3ccc(Cl)c(Cl)c3)CC2)CCN1CCCCCC(=O)O. The molecule has 0 bridgehead atoms. The lowest BCUT2D eigenvalue weighted by atomic mass is 9.88. The molecule has 32 heavy (non-hydrogen) atoms. The minimum absolute atomic E-state index is 0.245. The van der Waals surface area contributed by atoms with Crippen molar-refractivity contribution < 1.29 is 14.6 Å². The number of hydrogen-bond donors (Lipinski definition) is 1. The number of rotatable bonds is 11. The quantitative estimate of drug-likeness (QED) is 0.391. The highest BCUT2D eigenvalue weighted by Crippen LogP contribution is 2.30. The summed E-state index contributed by atoms with van der Waals surface area (Å²) in [4.78, 5) is 15.9. The Labute approximate surface area is 203 Å². The van der Waals surface area contributed by atoms with Crippen LogP contribution in [0.4, 0.5) is 0 Å². The standard InChI is InChI=1S/C25H38Cl2N2O3/c1-2-20-16-19(9-15-29(20)12-5-3-4-6-25(30)31)18-28-13-10-21(11-14-28)32-22-7-8-23(26)24(27)17-22/h7-8,17,19-21H,2-6,9-16,18H2,1H3,(H,30,31). The van der Waals surface area contributed by atoms with Crippen molar-refractivity contribution in [3.8, 4) is 5.75 Å². The largest absolute Gasteiger partial charge is 0.490 e. The van der Waals surface area contributed by atoms with Gasteiger partial charge in [0, 0.05) is 38.2 Å². The van der Waals surface area contributed by atoms with Crippen molar-refractivity contribution in [2.24, 2.45) is 5.92 Å². The molecule has 0 amide bonds. The number of nitrogens with zero attached hydrogens (tertiary/aromatic N) is 2. The van der Waals surface area contributed by atoms with Crippen molar-refractivity contribution in [3.63, 3.8) is 0 Å². The first-order valence-corrected chi connectivity index (χ1v) is 13.0. The molecule has 0 radical (unpaired) electrons. The molecule has 7 heteroatoms. The summed E-state index contributed by atoms with van der Waals surface area (Å²) in [5, 5.41) is 9.87. The highest BCUT2D eigenvalue weighted by molar-refractivity contribution is 6.42. The van der Waals surface area contributed by atoms with Gasteiger partial charge in [0.1, 0.15) is 11.9 Å². The summed E-state index contributed by atoms with van der Waals surface area (Å²) in [6.07, 6.45) is 9.32. The Bertz CT molecular complexity index is 725. The molecule has 2 saturated heterocycles. The maximum atomic E-state index is 10.7. The molecule has 0 aromatic heterocycles. The van der Waals surface area contributed by atoms with Crippen LogP contribution >= 0.6 is 23.2 Å². The third kappa shape index (κ3) is 8.09. The summed E-state index contributed by atoms with van der Waals surface area (Å²) >= 11 is 12.1. The number of carboxylic acid groups (broad SMARTS) is 1. The number of unbranched alkanes of at least 4 members (excludes halogenated alkanes) is 2. The zero-order chi connectivity index (χ0) is 22.9. The third-order valence-corrected chi connectivity index (χ3v) is 7.74. The second-order valence-electron chi connectivity index (χ2n) is 9.39. The average molecular weight is 485 g/mol. The van der Waals surface area contributed by atoms with Gasteiger partial charge in [-0.15, -0.1) is 0 Å². The average Bonchev–Trinajstić information content (AvgIpc) is 2.78. The molecule has 180 valence electrons. The molecule has 1 N–H and O–H groups in total. The van der Waals surface area contributed by atoms with Crippen LogP contribution in [0.25, 0.3) is 0 Å². The van der Waals surface area contributed by atoms with Gasteiger partial charge < -0.3 is 19.6 Å². The van der Waals surface area contributed by atoms with Crippen LogP contribution in [0, 0.1) is 5.92 Å². The molecular formula is C25H38Cl2N2O3. The monoisotopic (exact) mass is 484 g/mol. The minimum atomic E-state index is -0.678. The topological polar surface area (TPSA) is 53.0 Å². The smallest absolute Gasteiger partial charge is 0.303 e. The van der Waals surface area contributed by atoms with Gasteiger partial charge in [-0.05, 0) is 76.1 Å². The van der Waals surface area contributed by atoms with E-state index in [1.807, 2.05) is 6.07 Å². The van der Waals surface area contributed by atoms with E-state index in [0.29, 0.717) is 22.5 Å². The van der Waals surface area contributed by atoms with Crippen LogP contribution in [0.1, 0.15) is 64.7 Å². The molecule has 2 atom stereocenters. The van der Waals surface area contributed by atoms with Crippen LogP contribution in [0.15, 0.2) is 18.2 Å². The molecule has 2 aliphatic rings. The second-order valence-corrected chi connectivity index (χ2v) is 10.2. The highest BCUT2D eigenvalue weighted by atomic mass is 35.5. The lowest BCUT2D eigenvalue weighted by molar-refractivity contribution is -0.137. The molecule has 0 saturated carbocycles. The van der Waals surface area contributed by atoms with Crippen LogP contribution in [-0.4, -0.2) is 65.7 Å². The summed E-state index contributed by atoms with van der Waals surface area (Å²) in [5.41, 5.74) is 0. The van der Waals surface area contributed by atoms with Gasteiger partial charge in [-0.25, -0.2) is 0 Å². The Morgan fingerprint density at radius 1 is 1.09 bits per heavy atom. The molecule has 5 nitrogen and oxygen atoms in total. The molecule has 2 heterocycles. The van der Waals surface area contributed by atoms with E-state index in [1.54, 1.807) is 12.1 Å². The molecule has 0 spiro atoms. The van der Waals surface area contributed by atoms with E-state index < -0.39 is 5.97 Å². The maximum absolute atomic E-state index is 10.7. The molecule has 3 rings (SSSR count). The van der Waals surface area contributed by atoms with E-state index in [0.717, 1.165) is 63.4 Å². The predicted octanol–water partition coefficient (Wildman–Crippen LogP) is 5.97. The highest BCUT2D eigenvalue weighted by Gasteiger charge is 2.29. The van der Waals surface area contributed by atoms with E-state index >= 15 is 0 Å². The zero-order valence-electron chi connectivity index (χ0n) is 19.3. The Morgan fingerprint density at radius 2 is 1.88 bits per heavy atom. The molecule has 0 aliphatic carbocycles. The lowest BCUT2D eigenvalue weighted by Gasteiger charge is -2.42. The zero-order valence-corrected chi connectivity index (χ0v) is 20.8. The van der Waals surface area contributed by atoms with Gasteiger partial charge in [0.15, 0.2) is 0 Å². The van der Waals surface area contributed by atoms with E-state index in [1.165, 1.54) is 32.4 Å². The second kappa shape index (κ2) is 13.0. The Morgan fingerprint density at radius 3 is 2.56 bits per heavy atom. The normalized spacial score (nSPS) is 23.3. The Hall–Kier alpha value is -1.01. The van der Waals surface area contributed by atoms with Gasteiger partial charge in [0.2, 0.25) is 0 Å². The summed E-state index contributed by atoms with van der Waals surface area (Å²) in [7, 11) is 0. The Kier molecular flexibility index (Phi) is 10.4. The van der Waals surface area contributed by atoms with Crippen molar-refractivity contribution in [3.05, 3.63) is 28.2 Å². The number of hydrogen-bond acceptors (Lipinski definition) is 4. The summed E-state index contributed by atoms with van der Waals surface area (Å²) in [6, 6.07) is 6.16. The Balaban J connectivity index is 1.35. The molecule has 2 fully saturated rings. The van der Waals surface area contributed by atoms with Crippen LogP contribution < -0.4 is 4.74 Å². The van der Waals surface area contributed by atoms with E-state index in [9.17, 15) is 4.79 Å². The van der Waals surface area contributed by atoms with Crippen molar-refractivity contribution in [1.29, 1.82) is 0 Å². The van der Waals surface area contributed by atoms with Crippen LogP contribution in [0.3, 0.4) is 0 Å². The van der Waals surface area contributed by atoms with Crippen LogP contribution in [0.2, 0.25) is 10.0 Å². The number of piperidine rings is 2. The number of halogens is 2. The van der Waals surface area contributed by atoms with E-state index in [-0.39, 0.29) is 6.10 Å². The fourth-order valence-corrected chi connectivity index (χ4v) is 5.44. The fraction of sp³-hybridized carbons (Fsp3) is 0.720. The number of carbonyl (C=O) groups is 1. The van der Waals surface area contributed by atoms with Crippen LogP contribution in [0.5, 0.6) is 5.75 Å². The summed E-state index contributed by atoms with van der Waals surface area (Å²) < 4.78 is 6.14. The van der Waals surface area contributed by atoms with E-state index in [2.05, 4.69) is 16.7 Å². The van der Waals surface area contributed by atoms with Crippen molar-refractivity contribution in [1.82, 2.24) is 9.80 Å².